The largest absolute Gasteiger partial charge is 0.495 e. The molecule has 0 spiro atoms. The molecule has 0 heterocycles. The van der Waals surface area contributed by atoms with Crippen LogP contribution in [0.5, 0.6) is 5.75 Å². The molecule has 1 unspecified atom stereocenters. The van der Waals surface area contributed by atoms with Gasteiger partial charge in [0.1, 0.15) is 5.75 Å². The molecule has 106 valence electrons. The van der Waals surface area contributed by atoms with Gasteiger partial charge < -0.3 is 10.1 Å². The summed E-state index contributed by atoms with van der Waals surface area (Å²) in [5.74, 6) is 0.689. The van der Waals surface area contributed by atoms with Crippen molar-refractivity contribution in [2.75, 3.05) is 18.7 Å². The summed E-state index contributed by atoms with van der Waals surface area (Å²) in [4.78, 5) is 1.27. The number of nitrogens with one attached hydrogen (secondary N) is 1. The van der Waals surface area contributed by atoms with E-state index in [1.807, 2.05) is 18.2 Å². The zero-order valence-corrected chi connectivity index (χ0v) is 13.4. The molecule has 0 aliphatic carbocycles. The lowest BCUT2D eigenvalue weighted by Gasteiger charge is -2.17. The summed E-state index contributed by atoms with van der Waals surface area (Å²) in [6.45, 7) is 2.13. The molecule has 0 aliphatic rings. The number of hydrogen-bond acceptors (Lipinski definition) is 3. The summed E-state index contributed by atoms with van der Waals surface area (Å²) in [5.41, 5.74) is 2.23. The standard InChI is InChI=1S/C16H18ClNOS/c1-11(12-4-7-14(20-3)8-5-12)18-13-6-9-16(19-2)15(17)10-13/h4-11,18H,1-3H3. The lowest BCUT2D eigenvalue weighted by molar-refractivity contribution is 0.415. The van der Waals surface area contributed by atoms with Crippen LogP contribution in [0.15, 0.2) is 47.4 Å². The normalized spacial score (nSPS) is 12.0. The van der Waals surface area contributed by atoms with Crippen molar-refractivity contribution in [2.45, 2.75) is 17.9 Å². The number of ether oxygens (including phenoxy) is 1. The second kappa shape index (κ2) is 6.91. The predicted molar refractivity (Wildman–Crippen MR) is 88.3 cm³/mol. The minimum atomic E-state index is 0.218. The highest BCUT2D eigenvalue weighted by molar-refractivity contribution is 7.98. The van der Waals surface area contributed by atoms with E-state index in [9.17, 15) is 0 Å². The molecule has 0 bridgehead atoms. The van der Waals surface area contributed by atoms with E-state index in [0.29, 0.717) is 10.8 Å². The molecule has 2 aromatic rings. The van der Waals surface area contributed by atoms with E-state index in [1.165, 1.54) is 10.5 Å². The van der Waals surface area contributed by atoms with E-state index < -0.39 is 0 Å². The fraction of sp³-hybridized carbons (Fsp3) is 0.250. The predicted octanol–water partition coefficient (Wildman–Crippen LogP) is 5.24. The third-order valence-corrected chi connectivity index (χ3v) is 4.19. The number of benzene rings is 2. The van der Waals surface area contributed by atoms with Crippen molar-refractivity contribution in [2.24, 2.45) is 0 Å². The van der Waals surface area contributed by atoms with Gasteiger partial charge in [0.05, 0.1) is 12.1 Å². The maximum atomic E-state index is 6.13. The van der Waals surface area contributed by atoms with Crippen molar-refractivity contribution >= 4 is 29.1 Å². The third-order valence-electron chi connectivity index (χ3n) is 3.15. The molecule has 0 fully saturated rings. The molecule has 1 N–H and O–H groups in total. The summed E-state index contributed by atoms with van der Waals surface area (Å²) in [5, 5.41) is 4.05. The minimum Gasteiger partial charge on any atom is -0.495 e. The highest BCUT2D eigenvalue weighted by Crippen LogP contribution is 2.29. The van der Waals surface area contributed by atoms with Crippen LogP contribution < -0.4 is 10.1 Å². The van der Waals surface area contributed by atoms with Gasteiger partial charge in [0.2, 0.25) is 0 Å². The van der Waals surface area contributed by atoms with Crippen LogP contribution in [0, 0.1) is 0 Å². The van der Waals surface area contributed by atoms with E-state index in [-0.39, 0.29) is 6.04 Å². The zero-order valence-electron chi connectivity index (χ0n) is 11.8. The fourth-order valence-electron chi connectivity index (χ4n) is 1.98. The van der Waals surface area contributed by atoms with E-state index in [0.717, 1.165) is 5.69 Å². The Balaban J connectivity index is 2.10. The molecule has 0 saturated heterocycles. The van der Waals surface area contributed by atoms with Gasteiger partial charge in [-0.1, -0.05) is 23.7 Å². The molecule has 20 heavy (non-hydrogen) atoms. The molecule has 2 nitrogen and oxygen atoms in total. The van der Waals surface area contributed by atoms with Crippen LogP contribution in [0.4, 0.5) is 5.69 Å². The Morgan fingerprint density at radius 2 is 1.85 bits per heavy atom. The SMILES string of the molecule is COc1ccc(NC(C)c2ccc(SC)cc2)cc1Cl. The zero-order chi connectivity index (χ0) is 14.5. The van der Waals surface area contributed by atoms with Crippen molar-refractivity contribution in [3.63, 3.8) is 0 Å². The number of halogens is 1. The van der Waals surface area contributed by atoms with Crippen molar-refractivity contribution in [3.8, 4) is 5.75 Å². The van der Waals surface area contributed by atoms with Crippen LogP contribution in [-0.4, -0.2) is 13.4 Å². The number of rotatable bonds is 5. The van der Waals surface area contributed by atoms with Crippen molar-refractivity contribution in [1.29, 1.82) is 0 Å². The van der Waals surface area contributed by atoms with Crippen LogP contribution in [0.2, 0.25) is 5.02 Å². The van der Waals surface area contributed by atoms with Gasteiger partial charge in [0, 0.05) is 16.6 Å². The van der Waals surface area contributed by atoms with Gasteiger partial charge in [-0.3, -0.25) is 0 Å². The lowest BCUT2D eigenvalue weighted by atomic mass is 10.1. The Labute approximate surface area is 129 Å². The average Bonchev–Trinajstić information content (AvgIpc) is 2.47. The van der Waals surface area contributed by atoms with Crippen LogP contribution in [0.25, 0.3) is 0 Å². The van der Waals surface area contributed by atoms with Crippen LogP contribution in [0.3, 0.4) is 0 Å². The summed E-state index contributed by atoms with van der Waals surface area (Å²) < 4.78 is 5.15. The Morgan fingerprint density at radius 1 is 1.15 bits per heavy atom. The van der Waals surface area contributed by atoms with Crippen LogP contribution in [0.1, 0.15) is 18.5 Å². The van der Waals surface area contributed by atoms with E-state index in [1.54, 1.807) is 18.9 Å². The minimum absolute atomic E-state index is 0.218. The molecule has 4 heteroatoms. The second-order valence-electron chi connectivity index (χ2n) is 4.49. The molecular formula is C16H18ClNOS. The first-order chi connectivity index (χ1) is 9.63. The smallest absolute Gasteiger partial charge is 0.137 e. The Bertz CT molecular complexity index is 571. The molecule has 2 aromatic carbocycles. The number of thioether (sulfide) groups is 1. The Hall–Kier alpha value is -1.32. The Morgan fingerprint density at radius 3 is 2.40 bits per heavy atom. The highest BCUT2D eigenvalue weighted by Gasteiger charge is 2.07. The van der Waals surface area contributed by atoms with Crippen molar-refractivity contribution < 1.29 is 4.74 Å². The van der Waals surface area contributed by atoms with E-state index >= 15 is 0 Å². The molecule has 0 amide bonds. The maximum absolute atomic E-state index is 6.13. The molecule has 0 aliphatic heterocycles. The van der Waals surface area contributed by atoms with Gasteiger partial charge in [-0.25, -0.2) is 0 Å². The topological polar surface area (TPSA) is 21.3 Å². The first-order valence-electron chi connectivity index (χ1n) is 6.38. The number of methoxy groups -OCH3 is 1. The summed E-state index contributed by atoms with van der Waals surface area (Å²) >= 11 is 7.88. The van der Waals surface area contributed by atoms with E-state index in [2.05, 4.69) is 42.8 Å². The number of hydrogen-bond donors (Lipinski definition) is 1. The quantitative estimate of drug-likeness (QED) is 0.763. The fourth-order valence-corrected chi connectivity index (χ4v) is 2.65. The Kier molecular flexibility index (Phi) is 5.21. The van der Waals surface area contributed by atoms with Gasteiger partial charge in [0.15, 0.2) is 0 Å². The lowest BCUT2D eigenvalue weighted by Crippen LogP contribution is -2.06. The molecular weight excluding hydrogens is 290 g/mol. The van der Waals surface area contributed by atoms with E-state index in [4.69, 9.17) is 16.3 Å². The van der Waals surface area contributed by atoms with Gasteiger partial charge in [-0.15, -0.1) is 11.8 Å². The molecule has 0 radical (unpaired) electrons. The van der Waals surface area contributed by atoms with Gasteiger partial charge in [-0.05, 0) is 49.1 Å². The second-order valence-corrected chi connectivity index (χ2v) is 5.78. The monoisotopic (exact) mass is 307 g/mol. The molecule has 0 aromatic heterocycles. The summed E-state index contributed by atoms with van der Waals surface area (Å²) in [6.07, 6.45) is 2.08. The van der Waals surface area contributed by atoms with Crippen molar-refractivity contribution in [3.05, 3.63) is 53.1 Å². The highest BCUT2D eigenvalue weighted by atomic mass is 35.5. The first-order valence-corrected chi connectivity index (χ1v) is 7.98. The molecule has 1 atom stereocenters. The average molecular weight is 308 g/mol. The summed E-state index contributed by atoms with van der Waals surface area (Å²) in [7, 11) is 1.62. The van der Waals surface area contributed by atoms with Gasteiger partial charge in [-0.2, -0.15) is 0 Å². The molecule has 2 rings (SSSR count). The first kappa shape index (κ1) is 15.1. The molecule has 0 saturated carbocycles. The van der Waals surface area contributed by atoms with Gasteiger partial charge >= 0.3 is 0 Å². The van der Waals surface area contributed by atoms with Crippen molar-refractivity contribution in [1.82, 2.24) is 0 Å². The third kappa shape index (κ3) is 3.62. The van der Waals surface area contributed by atoms with Gasteiger partial charge in [0.25, 0.3) is 0 Å². The van der Waals surface area contributed by atoms with Crippen LogP contribution >= 0.6 is 23.4 Å². The maximum Gasteiger partial charge on any atom is 0.137 e. The number of anilines is 1. The van der Waals surface area contributed by atoms with Crippen LogP contribution in [-0.2, 0) is 0 Å². The summed E-state index contributed by atoms with van der Waals surface area (Å²) in [6, 6.07) is 14.5.